The van der Waals surface area contributed by atoms with Gasteiger partial charge in [0.1, 0.15) is 30.9 Å². The minimum Gasteiger partial charge on any atom is -0.377 e. The van der Waals surface area contributed by atoms with Crippen LogP contribution in [0.2, 0.25) is 0 Å². The Hall–Kier alpha value is -5.29. The molecular formula is C31H25BF2N8. The van der Waals surface area contributed by atoms with Crippen LogP contribution in [0.4, 0.5) is 20.2 Å². The van der Waals surface area contributed by atoms with Crippen molar-refractivity contribution in [3.8, 4) is 12.1 Å². The summed E-state index contributed by atoms with van der Waals surface area (Å²) in [6, 6.07) is 22.7. The molecule has 2 N–H and O–H groups in total. The molecule has 5 aromatic rings. The molecule has 11 heteroatoms. The average Bonchev–Trinajstić information content (AvgIpc) is 3.73. The first-order chi connectivity index (χ1) is 20.4. The largest absolute Gasteiger partial charge is 0.377 e. The molecule has 0 amide bonds. The number of nitriles is 2. The lowest BCUT2D eigenvalue weighted by atomic mass is 9.69. The van der Waals surface area contributed by atoms with E-state index in [1.165, 1.54) is 24.4 Å². The molecule has 0 bridgehead atoms. The predicted octanol–water partition coefficient (Wildman–Crippen LogP) is 5.32. The summed E-state index contributed by atoms with van der Waals surface area (Å²) >= 11 is 0. The molecule has 1 aliphatic rings. The minimum absolute atomic E-state index is 0.0778. The van der Waals surface area contributed by atoms with Gasteiger partial charge in [0.2, 0.25) is 0 Å². The molecule has 0 aliphatic heterocycles. The molecule has 2 heterocycles. The molecule has 0 spiro atoms. The third-order valence-corrected chi connectivity index (χ3v) is 7.62. The van der Waals surface area contributed by atoms with Gasteiger partial charge >= 0.3 is 0 Å². The molecule has 3 aromatic carbocycles. The lowest BCUT2D eigenvalue weighted by molar-refractivity contribution is 0.610. The summed E-state index contributed by atoms with van der Waals surface area (Å²) in [5.41, 5.74) is 2.18. The van der Waals surface area contributed by atoms with E-state index in [4.69, 9.17) is 0 Å². The predicted molar refractivity (Wildman–Crippen MR) is 157 cm³/mol. The van der Waals surface area contributed by atoms with Crippen molar-refractivity contribution in [1.29, 1.82) is 10.5 Å². The monoisotopic (exact) mass is 558 g/mol. The Morgan fingerprint density at radius 1 is 1.07 bits per heavy atom. The van der Waals surface area contributed by atoms with Crippen LogP contribution in [-0.4, -0.2) is 27.8 Å². The third-order valence-electron chi connectivity index (χ3n) is 7.62. The highest BCUT2D eigenvalue weighted by molar-refractivity contribution is 6.19. The maximum atomic E-state index is 15.7. The summed E-state index contributed by atoms with van der Waals surface area (Å²) in [5, 5.41) is 35.3. The zero-order chi connectivity index (χ0) is 29.3. The second-order valence-corrected chi connectivity index (χ2v) is 10.6. The van der Waals surface area contributed by atoms with Crippen molar-refractivity contribution in [2.75, 3.05) is 10.6 Å². The van der Waals surface area contributed by atoms with Crippen molar-refractivity contribution in [3.63, 3.8) is 0 Å². The fourth-order valence-electron chi connectivity index (χ4n) is 5.15. The van der Waals surface area contributed by atoms with Crippen LogP contribution in [-0.2, 0) is 5.44 Å². The first-order valence-corrected chi connectivity index (χ1v) is 13.6. The molecule has 1 fully saturated rings. The Bertz CT molecular complexity index is 1840. The van der Waals surface area contributed by atoms with E-state index in [0.717, 1.165) is 18.4 Å². The topological polar surface area (TPSA) is 115 Å². The van der Waals surface area contributed by atoms with Crippen LogP contribution in [0.5, 0.6) is 0 Å². The number of fused-ring (bicyclic) bond motifs is 1. The Morgan fingerprint density at radius 2 is 1.83 bits per heavy atom. The van der Waals surface area contributed by atoms with Crippen LogP contribution >= 0.6 is 0 Å². The SMILES string of the molecule is BC(Nc1cc(F)c2ncc(C#N)c(NC(CC#N)c3ccccc3)c2c1)(c1ccc(F)cc1)c1cn(C2CC2)nn1. The second-order valence-electron chi connectivity index (χ2n) is 10.6. The minimum atomic E-state index is -1.01. The highest BCUT2D eigenvalue weighted by atomic mass is 19.1. The Balaban J connectivity index is 1.46. The lowest BCUT2D eigenvalue weighted by Gasteiger charge is -2.31. The molecule has 2 atom stereocenters. The fraction of sp³-hybridized carbons (Fsp3) is 0.194. The molecule has 0 radical (unpaired) electrons. The molecule has 2 unspecified atom stereocenters. The quantitative estimate of drug-likeness (QED) is 0.235. The molecular weight excluding hydrogens is 533 g/mol. The van der Waals surface area contributed by atoms with Gasteiger partial charge in [-0.05, 0) is 48.2 Å². The van der Waals surface area contributed by atoms with Crippen LogP contribution in [0.1, 0.15) is 53.7 Å². The molecule has 8 nitrogen and oxygen atoms in total. The summed E-state index contributed by atoms with van der Waals surface area (Å²) < 4.78 is 31.4. The van der Waals surface area contributed by atoms with Crippen LogP contribution in [0.25, 0.3) is 10.9 Å². The zero-order valence-electron chi connectivity index (χ0n) is 22.7. The molecule has 2 aromatic heterocycles. The number of benzene rings is 3. The molecule has 1 aliphatic carbocycles. The zero-order valence-corrected chi connectivity index (χ0v) is 22.7. The first kappa shape index (κ1) is 26.9. The van der Waals surface area contributed by atoms with Crippen LogP contribution < -0.4 is 10.6 Å². The Kier molecular flexibility index (Phi) is 7.01. The van der Waals surface area contributed by atoms with Crippen molar-refractivity contribution in [3.05, 3.63) is 113 Å². The number of nitrogens with one attached hydrogen (secondary N) is 2. The molecule has 1 saturated carbocycles. The maximum Gasteiger partial charge on any atom is 0.151 e. The van der Waals surface area contributed by atoms with Gasteiger partial charge in [-0.25, -0.2) is 13.5 Å². The number of aromatic nitrogens is 4. The van der Waals surface area contributed by atoms with Crippen molar-refractivity contribution >= 4 is 30.1 Å². The number of anilines is 2. The average molecular weight is 558 g/mol. The van der Waals surface area contributed by atoms with Gasteiger partial charge in [0.15, 0.2) is 5.82 Å². The summed E-state index contributed by atoms with van der Waals surface area (Å²) in [7, 11) is 1.88. The summed E-state index contributed by atoms with van der Waals surface area (Å²) in [6.07, 6.45) is 5.37. The molecule has 206 valence electrons. The normalized spacial score (nSPS) is 14.9. The Morgan fingerprint density at radius 3 is 2.52 bits per heavy atom. The van der Waals surface area contributed by atoms with Crippen molar-refractivity contribution in [2.45, 2.75) is 36.8 Å². The van der Waals surface area contributed by atoms with E-state index in [2.05, 4.69) is 38.1 Å². The van der Waals surface area contributed by atoms with Crippen LogP contribution in [0.3, 0.4) is 0 Å². The third kappa shape index (κ3) is 5.13. The van der Waals surface area contributed by atoms with Gasteiger partial charge in [-0.3, -0.25) is 4.98 Å². The smallest absolute Gasteiger partial charge is 0.151 e. The van der Waals surface area contributed by atoms with Gasteiger partial charge in [-0.2, -0.15) is 10.5 Å². The van der Waals surface area contributed by atoms with Crippen LogP contribution in [0.15, 0.2) is 79.1 Å². The summed E-state index contributed by atoms with van der Waals surface area (Å²) in [4.78, 5) is 4.23. The first-order valence-electron chi connectivity index (χ1n) is 13.6. The van der Waals surface area contributed by atoms with E-state index in [1.54, 1.807) is 18.2 Å². The van der Waals surface area contributed by atoms with Gasteiger partial charge < -0.3 is 10.6 Å². The summed E-state index contributed by atoms with van der Waals surface area (Å²) in [5.74, 6) is -0.974. The van der Waals surface area contributed by atoms with E-state index < -0.39 is 17.3 Å². The number of nitrogens with zero attached hydrogens (tertiary/aromatic N) is 6. The van der Waals surface area contributed by atoms with E-state index in [1.807, 2.05) is 49.1 Å². The van der Waals surface area contributed by atoms with Crippen molar-refractivity contribution in [2.24, 2.45) is 0 Å². The number of pyridine rings is 1. The van der Waals surface area contributed by atoms with E-state index in [0.29, 0.717) is 34.1 Å². The molecule has 0 saturated heterocycles. The summed E-state index contributed by atoms with van der Waals surface area (Å²) in [6.45, 7) is 0. The van der Waals surface area contributed by atoms with Crippen LogP contribution in [0, 0.1) is 34.3 Å². The van der Waals surface area contributed by atoms with Gasteiger partial charge in [-0.1, -0.05) is 47.7 Å². The van der Waals surface area contributed by atoms with Gasteiger partial charge in [0.25, 0.3) is 0 Å². The second kappa shape index (κ2) is 10.9. The number of halogens is 2. The van der Waals surface area contributed by atoms with Gasteiger partial charge in [-0.15, -0.1) is 5.10 Å². The lowest BCUT2D eigenvalue weighted by Crippen LogP contribution is -2.38. The Labute approximate surface area is 242 Å². The van der Waals surface area contributed by atoms with Crippen molar-refractivity contribution < 1.29 is 8.78 Å². The number of hydrogen-bond acceptors (Lipinski definition) is 7. The van der Waals surface area contributed by atoms with Crippen molar-refractivity contribution in [1.82, 2.24) is 20.0 Å². The van der Waals surface area contributed by atoms with Gasteiger partial charge in [0.05, 0.1) is 47.5 Å². The standard InChI is InChI=1S/C31H25BF2N8/c32-31(21-6-8-22(33)9-7-21,28-18-42(41-40-28)24-10-11-24)39-23-14-25-29(20(16-36)17-37-30(25)26(34)15-23)38-27(12-13-35)19-4-2-1-3-5-19/h1-9,14-15,17-18,24,27,39H,10-12,32H2,(H,37,38). The van der Waals surface area contributed by atoms with E-state index >= 15 is 4.39 Å². The van der Waals surface area contributed by atoms with E-state index in [-0.39, 0.29) is 23.3 Å². The molecule has 6 rings (SSSR count). The molecule has 42 heavy (non-hydrogen) atoms. The number of rotatable bonds is 9. The highest BCUT2D eigenvalue weighted by Crippen LogP contribution is 2.38. The highest BCUT2D eigenvalue weighted by Gasteiger charge is 2.34. The van der Waals surface area contributed by atoms with Gasteiger partial charge in [0, 0.05) is 17.3 Å². The van der Waals surface area contributed by atoms with E-state index in [9.17, 15) is 14.9 Å². The number of hydrogen-bond donors (Lipinski definition) is 2. The fourth-order valence-corrected chi connectivity index (χ4v) is 5.15. The maximum absolute atomic E-state index is 15.7.